The third-order valence-corrected chi connectivity index (χ3v) is 1.59. The molecule has 0 spiro atoms. The summed E-state index contributed by atoms with van der Waals surface area (Å²) in [4.78, 5) is 10.9. The van der Waals surface area contributed by atoms with Crippen LogP contribution in [0.3, 0.4) is 0 Å². The van der Waals surface area contributed by atoms with E-state index in [9.17, 15) is 4.79 Å². The van der Waals surface area contributed by atoms with Crippen LogP contribution < -0.4 is 11.1 Å². The molecule has 0 aromatic carbocycles. The molecule has 96 valence electrons. The molecular formula is C10H22N2O4. The van der Waals surface area contributed by atoms with Crippen LogP contribution in [0.4, 0.5) is 4.79 Å². The van der Waals surface area contributed by atoms with Crippen molar-refractivity contribution in [1.82, 2.24) is 5.32 Å². The van der Waals surface area contributed by atoms with Crippen LogP contribution in [0.2, 0.25) is 0 Å². The molecule has 0 rings (SSSR count). The Labute approximate surface area is 96.4 Å². The molecule has 0 fully saturated rings. The van der Waals surface area contributed by atoms with E-state index in [1.807, 2.05) is 6.92 Å². The average molecular weight is 234 g/mol. The Morgan fingerprint density at radius 2 is 1.81 bits per heavy atom. The molecule has 0 aromatic heterocycles. The average Bonchev–Trinajstić information content (AvgIpc) is 2.30. The molecule has 0 bridgehead atoms. The van der Waals surface area contributed by atoms with Gasteiger partial charge in [0, 0.05) is 13.1 Å². The van der Waals surface area contributed by atoms with Gasteiger partial charge in [-0.1, -0.05) is 6.92 Å². The number of hydrogen-bond acceptors (Lipinski definition) is 5. The highest BCUT2D eigenvalue weighted by atomic mass is 16.5. The summed E-state index contributed by atoms with van der Waals surface area (Å²) in [7, 11) is 0. The lowest BCUT2D eigenvalue weighted by Crippen LogP contribution is -2.28. The molecule has 0 saturated carbocycles. The van der Waals surface area contributed by atoms with Crippen LogP contribution in [0.25, 0.3) is 0 Å². The Bertz CT molecular complexity index is 167. The second-order valence-corrected chi connectivity index (χ2v) is 3.08. The molecule has 0 aliphatic carbocycles. The second-order valence-electron chi connectivity index (χ2n) is 3.08. The zero-order valence-corrected chi connectivity index (χ0v) is 9.87. The molecule has 1 amide bonds. The molecular weight excluding hydrogens is 212 g/mol. The molecule has 0 heterocycles. The van der Waals surface area contributed by atoms with Crippen molar-refractivity contribution in [2.75, 3.05) is 46.1 Å². The predicted octanol–water partition coefficient (Wildman–Crippen LogP) is 0.115. The summed E-state index contributed by atoms with van der Waals surface area (Å²) in [5.41, 5.74) is 5.24. The van der Waals surface area contributed by atoms with E-state index in [0.717, 1.165) is 6.42 Å². The number of nitrogens with two attached hydrogens (primary N) is 1. The Kier molecular flexibility index (Phi) is 11.6. The van der Waals surface area contributed by atoms with Gasteiger partial charge >= 0.3 is 6.09 Å². The lowest BCUT2D eigenvalue weighted by molar-refractivity contribution is 0.0512. The van der Waals surface area contributed by atoms with E-state index in [4.69, 9.17) is 19.9 Å². The number of carbonyl (C=O) groups excluding carboxylic acids is 1. The Morgan fingerprint density at radius 1 is 1.12 bits per heavy atom. The van der Waals surface area contributed by atoms with E-state index in [-0.39, 0.29) is 0 Å². The first-order chi connectivity index (χ1) is 7.81. The van der Waals surface area contributed by atoms with Gasteiger partial charge in [-0.25, -0.2) is 4.79 Å². The zero-order valence-electron chi connectivity index (χ0n) is 9.87. The SMILES string of the molecule is CCCOC(=O)NCCOCCOCCN. The first kappa shape index (κ1) is 15.2. The van der Waals surface area contributed by atoms with Gasteiger partial charge in [-0.15, -0.1) is 0 Å². The van der Waals surface area contributed by atoms with Gasteiger partial charge in [0.25, 0.3) is 0 Å². The van der Waals surface area contributed by atoms with Gasteiger partial charge in [-0.2, -0.15) is 0 Å². The number of nitrogens with one attached hydrogen (secondary N) is 1. The Balaban J connectivity index is 3.05. The second kappa shape index (κ2) is 12.2. The minimum absolute atomic E-state index is 0.398. The van der Waals surface area contributed by atoms with E-state index >= 15 is 0 Å². The molecule has 6 heteroatoms. The maximum Gasteiger partial charge on any atom is 0.407 e. The minimum atomic E-state index is -0.398. The highest BCUT2D eigenvalue weighted by Crippen LogP contribution is 1.82. The number of ether oxygens (including phenoxy) is 3. The monoisotopic (exact) mass is 234 g/mol. The molecule has 0 radical (unpaired) electrons. The van der Waals surface area contributed by atoms with Crippen molar-refractivity contribution >= 4 is 6.09 Å². The number of hydrogen-bond donors (Lipinski definition) is 2. The number of rotatable bonds is 10. The quantitative estimate of drug-likeness (QED) is 0.524. The third kappa shape index (κ3) is 11.2. The van der Waals surface area contributed by atoms with E-state index in [0.29, 0.717) is 46.1 Å². The fraction of sp³-hybridized carbons (Fsp3) is 0.900. The molecule has 0 saturated heterocycles. The largest absolute Gasteiger partial charge is 0.450 e. The van der Waals surface area contributed by atoms with Gasteiger partial charge < -0.3 is 25.3 Å². The highest BCUT2D eigenvalue weighted by molar-refractivity contribution is 5.66. The molecule has 0 unspecified atom stereocenters. The maximum atomic E-state index is 10.9. The normalized spacial score (nSPS) is 10.1. The van der Waals surface area contributed by atoms with E-state index in [2.05, 4.69) is 5.32 Å². The summed E-state index contributed by atoms with van der Waals surface area (Å²) in [5.74, 6) is 0. The standard InChI is InChI=1S/C10H22N2O4/c1-2-5-16-10(13)12-4-7-15-9-8-14-6-3-11/h2-9,11H2,1H3,(H,12,13). The van der Waals surface area contributed by atoms with Crippen LogP contribution in [0, 0.1) is 0 Å². The third-order valence-electron chi connectivity index (χ3n) is 1.59. The summed E-state index contributed by atoms with van der Waals surface area (Å²) >= 11 is 0. The molecule has 0 aliphatic rings. The Hall–Kier alpha value is -0.850. The maximum absolute atomic E-state index is 10.9. The lowest BCUT2D eigenvalue weighted by Gasteiger charge is -2.07. The summed E-state index contributed by atoms with van der Waals surface area (Å²) in [6.07, 6.45) is 0.424. The van der Waals surface area contributed by atoms with E-state index in [1.54, 1.807) is 0 Å². The minimum Gasteiger partial charge on any atom is -0.450 e. The van der Waals surface area contributed by atoms with Gasteiger partial charge in [0.1, 0.15) is 0 Å². The molecule has 16 heavy (non-hydrogen) atoms. The molecule has 0 aliphatic heterocycles. The molecule has 3 N–H and O–H groups in total. The van der Waals surface area contributed by atoms with Crippen molar-refractivity contribution in [3.63, 3.8) is 0 Å². The van der Waals surface area contributed by atoms with E-state index < -0.39 is 6.09 Å². The summed E-state index contributed by atoms with van der Waals surface area (Å²) in [6, 6.07) is 0. The van der Waals surface area contributed by atoms with Gasteiger partial charge in [-0.3, -0.25) is 0 Å². The van der Waals surface area contributed by atoms with Crippen molar-refractivity contribution in [3.05, 3.63) is 0 Å². The molecule has 0 aromatic rings. The van der Waals surface area contributed by atoms with Gasteiger partial charge in [0.15, 0.2) is 0 Å². The van der Waals surface area contributed by atoms with E-state index in [1.165, 1.54) is 0 Å². The van der Waals surface area contributed by atoms with Crippen molar-refractivity contribution < 1.29 is 19.0 Å². The smallest absolute Gasteiger partial charge is 0.407 e. The topological polar surface area (TPSA) is 82.8 Å². The molecule has 0 atom stereocenters. The van der Waals surface area contributed by atoms with Crippen molar-refractivity contribution in [1.29, 1.82) is 0 Å². The van der Waals surface area contributed by atoms with Crippen LogP contribution in [0.15, 0.2) is 0 Å². The fourth-order valence-corrected chi connectivity index (χ4v) is 0.876. The van der Waals surface area contributed by atoms with Crippen LogP contribution in [-0.4, -0.2) is 52.2 Å². The fourth-order valence-electron chi connectivity index (χ4n) is 0.876. The highest BCUT2D eigenvalue weighted by Gasteiger charge is 1.98. The number of amides is 1. The van der Waals surface area contributed by atoms with Crippen LogP contribution in [0.5, 0.6) is 0 Å². The predicted molar refractivity (Wildman–Crippen MR) is 60.3 cm³/mol. The lowest BCUT2D eigenvalue weighted by atomic mass is 10.5. The molecule has 6 nitrogen and oxygen atoms in total. The van der Waals surface area contributed by atoms with Crippen molar-refractivity contribution in [2.24, 2.45) is 5.73 Å². The number of carbonyl (C=O) groups is 1. The van der Waals surface area contributed by atoms with Crippen LogP contribution in [-0.2, 0) is 14.2 Å². The summed E-state index contributed by atoms with van der Waals surface area (Å²) in [6.45, 7) is 5.38. The number of alkyl carbamates (subject to hydrolysis) is 1. The first-order valence-corrected chi connectivity index (χ1v) is 5.57. The van der Waals surface area contributed by atoms with Crippen LogP contribution >= 0.6 is 0 Å². The first-order valence-electron chi connectivity index (χ1n) is 5.57. The van der Waals surface area contributed by atoms with Crippen LogP contribution in [0.1, 0.15) is 13.3 Å². The van der Waals surface area contributed by atoms with Gasteiger partial charge in [0.05, 0.1) is 33.0 Å². The Morgan fingerprint density at radius 3 is 2.44 bits per heavy atom. The summed E-state index contributed by atoms with van der Waals surface area (Å²) < 4.78 is 15.1. The van der Waals surface area contributed by atoms with Gasteiger partial charge in [0.2, 0.25) is 0 Å². The summed E-state index contributed by atoms with van der Waals surface area (Å²) in [5, 5.41) is 2.57. The van der Waals surface area contributed by atoms with Crippen molar-refractivity contribution in [3.8, 4) is 0 Å². The zero-order chi connectivity index (χ0) is 12.1. The van der Waals surface area contributed by atoms with Crippen molar-refractivity contribution in [2.45, 2.75) is 13.3 Å². The van der Waals surface area contributed by atoms with Gasteiger partial charge in [-0.05, 0) is 6.42 Å².